The second kappa shape index (κ2) is 5.68. The van der Waals surface area contributed by atoms with Crippen LogP contribution in [0.1, 0.15) is 12.8 Å². The second-order valence-corrected chi connectivity index (χ2v) is 5.53. The van der Waals surface area contributed by atoms with Gasteiger partial charge in [-0.2, -0.15) is 5.10 Å². The van der Waals surface area contributed by atoms with Crippen molar-refractivity contribution in [2.45, 2.75) is 18.9 Å². The zero-order valence-electron chi connectivity index (χ0n) is 10.6. The summed E-state index contributed by atoms with van der Waals surface area (Å²) >= 11 is 0. The van der Waals surface area contributed by atoms with E-state index < -0.39 is 10.9 Å². The van der Waals surface area contributed by atoms with Crippen LogP contribution < -0.4 is 9.84 Å². The Kier molecular flexibility index (Phi) is 4.20. The fourth-order valence-corrected chi connectivity index (χ4v) is 2.73. The predicted molar refractivity (Wildman–Crippen MR) is 69.7 cm³/mol. The van der Waals surface area contributed by atoms with Crippen LogP contribution >= 0.6 is 0 Å². The Morgan fingerprint density at radius 3 is 2.83 bits per heavy atom. The molecule has 1 fully saturated rings. The van der Waals surface area contributed by atoms with Crippen LogP contribution in [0.15, 0.2) is 12.4 Å². The molecule has 0 amide bonds. The molecule has 1 aliphatic rings. The summed E-state index contributed by atoms with van der Waals surface area (Å²) in [6.45, 7) is 1.91. The highest BCUT2D eigenvalue weighted by Gasteiger charge is 2.21. The number of likely N-dealkylation sites (tertiary alicyclic amines) is 1. The second-order valence-electron chi connectivity index (χ2n) is 4.65. The van der Waals surface area contributed by atoms with Gasteiger partial charge in [0.2, 0.25) is 10.9 Å². The molecule has 18 heavy (non-hydrogen) atoms. The number of rotatable bonds is 4. The summed E-state index contributed by atoms with van der Waals surface area (Å²) in [5.74, 6) is 0. The number of piperidine rings is 1. The lowest BCUT2D eigenvalue weighted by Gasteiger charge is -2.32. The summed E-state index contributed by atoms with van der Waals surface area (Å²) < 4.78 is 25.4. The molecule has 0 aliphatic carbocycles. The number of hydrazine groups is 1. The zero-order chi connectivity index (χ0) is 13.1. The minimum Gasteiger partial charge on any atom is -0.305 e. The molecular weight excluding hydrogens is 254 g/mol. The molecule has 0 spiro atoms. The number of anilines is 1. The SMILES string of the molecule is CN1CCC[C@H](NN(c2cnn(C)c2)[SH](=O)=O)C1. The minimum atomic E-state index is -2.72. The number of nitrogens with zero attached hydrogens (tertiary/aromatic N) is 4. The van der Waals surface area contributed by atoms with E-state index in [2.05, 4.69) is 15.4 Å². The lowest BCUT2D eigenvalue weighted by molar-refractivity contribution is 0.229. The van der Waals surface area contributed by atoms with Crippen molar-refractivity contribution in [2.24, 2.45) is 7.05 Å². The van der Waals surface area contributed by atoms with Crippen molar-refractivity contribution >= 4 is 16.6 Å². The molecule has 2 heterocycles. The van der Waals surface area contributed by atoms with Gasteiger partial charge in [0.05, 0.1) is 12.4 Å². The Hall–Kier alpha value is -1.12. The lowest BCUT2D eigenvalue weighted by Crippen LogP contribution is -2.51. The molecule has 1 N–H and O–H groups in total. The highest BCUT2D eigenvalue weighted by Crippen LogP contribution is 2.13. The summed E-state index contributed by atoms with van der Waals surface area (Å²) in [4.78, 5) is 2.19. The first-order valence-corrected chi connectivity index (χ1v) is 7.07. The number of aryl methyl sites for hydroxylation is 1. The molecule has 1 aromatic rings. The molecule has 2 rings (SSSR count). The van der Waals surface area contributed by atoms with Crippen molar-refractivity contribution in [3.8, 4) is 0 Å². The first-order chi connectivity index (χ1) is 8.56. The Balaban J connectivity index is 2.07. The average molecular weight is 273 g/mol. The van der Waals surface area contributed by atoms with Crippen LogP contribution in [0.5, 0.6) is 0 Å². The standard InChI is InChI=1S/C10H19N5O2S/c1-13-5-3-4-9(7-13)12-15(18(16)17)10-6-11-14(2)8-10/h6,8-9,12,18H,3-5,7H2,1-2H3/t9-/m0/s1. The van der Waals surface area contributed by atoms with Crippen molar-refractivity contribution in [1.82, 2.24) is 20.1 Å². The third kappa shape index (κ3) is 3.21. The normalized spacial score (nSPS) is 21.4. The van der Waals surface area contributed by atoms with E-state index in [1.54, 1.807) is 17.9 Å². The topological polar surface area (TPSA) is 70.5 Å². The molecular formula is C10H19N5O2S. The highest BCUT2D eigenvalue weighted by molar-refractivity contribution is 7.73. The number of hydrogen-bond acceptors (Lipinski definition) is 5. The Morgan fingerprint density at radius 2 is 2.28 bits per heavy atom. The van der Waals surface area contributed by atoms with Gasteiger partial charge in [0, 0.05) is 19.6 Å². The molecule has 0 unspecified atom stereocenters. The van der Waals surface area contributed by atoms with Crippen LogP contribution in [0, 0.1) is 0 Å². The van der Waals surface area contributed by atoms with Crippen LogP contribution in [0.3, 0.4) is 0 Å². The fourth-order valence-electron chi connectivity index (χ4n) is 2.18. The molecule has 1 saturated heterocycles. The maximum absolute atomic E-state index is 11.3. The van der Waals surface area contributed by atoms with Gasteiger partial charge < -0.3 is 4.90 Å². The average Bonchev–Trinajstić information content (AvgIpc) is 2.72. The highest BCUT2D eigenvalue weighted by atomic mass is 32.2. The van der Waals surface area contributed by atoms with E-state index in [9.17, 15) is 8.42 Å². The van der Waals surface area contributed by atoms with E-state index in [0.29, 0.717) is 5.69 Å². The quantitative estimate of drug-likeness (QED) is 0.564. The maximum Gasteiger partial charge on any atom is 0.238 e. The van der Waals surface area contributed by atoms with Gasteiger partial charge in [-0.3, -0.25) is 4.68 Å². The van der Waals surface area contributed by atoms with Gasteiger partial charge in [0.15, 0.2) is 0 Å². The molecule has 0 bridgehead atoms. The molecule has 0 aromatic carbocycles. The van der Waals surface area contributed by atoms with E-state index in [-0.39, 0.29) is 6.04 Å². The van der Waals surface area contributed by atoms with Crippen LogP contribution in [0.4, 0.5) is 5.69 Å². The first kappa shape index (κ1) is 13.3. The van der Waals surface area contributed by atoms with Crippen molar-refractivity contribution in [2.75, 3.05) is 24.6 Å². The van der Waals surface area contributed by atoms with E-state index in [4.69, 9.17) is 0 Å². The smallest absolute Gasteiger partial charge is 0.238 e. The number of aromatic nitrogens is 2. The number of hydrogen-bond donors (Lipinski definition) is 2. The molecule has 7 nitrogen and oxygen atoms in total. The zero-order valence-corrected chi connectivity index (χ0v) is 11.5. The fraction of sp³-hybridized carbons (Fsp3) is 0.700. The monoisotopic (exact) mass is 273 g/mol. The molecule has 1 atom stereocenters. The van der Waals surface area contributed by atoms with Crippen molar-refractivity contribution in [1.29, 1.82) is 0 Å². The molecule has 1 aliphatic heterocycles. The van der Waals surface area contributed by atoms with E-state index >= 15 is 0 Å². The van der Waals surface area contributed by atoms with Crippen LogP contribution in [0.25, 0.3) is 0 Å². The van der Waals surface area contributed by atoms with Crippen molar-refractivity contribution < 1.29 is 8.42 Å². The largest absolute Gasteiger partial charge is 0.305 e. The summed E-state index contributed by atoms with van der Waals surface area (Å²) in [7, 11) is 1.08. The lowest BCUT2D eigenvalue weighted by atomic mass is 10.1. The van der Waals surface area contributed by atoms with Gasteiger partial charge in [-0.05, 0) is 26.4 Å². The van der Waals surface area contributed by atoms with Crippen molar-refractivity contribution in [3.05, 3.63) is 12.4 Å². The molecule has 1 aromatic heterocycles. The van der Waals surface area contributed by atoms with Crippen LogP contribution in [-0.4, -0.2) is 49.3 Å². The van der Waals surface area contributed by atoms with E-state index in [1.165, 1.54) is 10.6 Å². The third-order valence-corrected chi connectivity index (χ3v) is 3.70. The number of likely N-dealkylation sites (N-methyl/N-ethyl adjacent to an activating group) is 1. The summed E-state index contributed by atoms with van der Waals surface area (Å²) in [6.07, 6.45) is 5.25. The van der Waals surface area contributed by atoms with Gasteiger partial charge in [-0.1, -0.05) is 0 Å². The Morgan fingerprint density at radius 1 is 1.50 bits per heavy atom. The Labute approximate surface area is 108 Å². The van der Waals surface area contributed by atoms with Gasteiger partial charge >= 0.3 is 0 Å². The van der Waals surface area contributed by atoms with E-state index in [1.807, 2.05) is 7.05 Å². The maximum atomic E-state index is 11.3. The minimum absolute atomic E-state index is 0.150. The Bertz CT molecular complexity index is 465. The number of thiol groups is 1. The van der Waals surface area contributed by atoms with Gasteiger partial charge in [-0.25, -0.2) is 18.3 Å². The van der Waals surface area contributed by atoms with Gasteiger partial charge in [0.25, 0.3) is 0 Å². The van der Waals surface area contributed by atoms with E-state index in [0.717, 1.165) is 25.9 Å². The predicted octanol–water partition coefficient (Wildman–Crippen LogP) is -0.648. The van der Waals surface area contributed by atoms with Crippen LogP contribution in [0.2, 0.25) is 0 Å². The molecule has 0 saturated carbocycles. The summed E-state index contributed by atoms with van der Waals surface area (Å²) in [5, 5.41) is 3.99. The van der Waals surface area contributed by atoms with Crippen LogP contribution in [-0.2, 0) is 17.9 Å². The first-order valence-electron chi connectivity index (χ1n) is 5.94. The van der Waals surface area contributed by atoms with Gasteiger partial charge in [-0.15, -0.1) is 0 Å². The summed E-state index contributed by atoms with van der Waals surface area (Å²) in [5.41, 5.74) is 3.60. The molecule has 8 heteroatoms. The molecule has 102 valence electrons. The van der Waals surface area contributed by atoms with Gasteiger partial charge in [0.1, 0.15) is 5.69 Å². The third-order valence-electron chi connectivity index (χ3n) is 3.03. The molecule has 0 radical (unpaired) electrons. The number of nitrogens with one attached hydrogen (secondary N) is 1. The van der Waals surface area contributed by atoms with Crippen molar-refractivity contribution in [3.63, 3.8) is 0 Å². The summed E-state index contributed by atoms with van der Waals surface area (Å²) in [6, 6.07) is 0.150.